The van der Waals surface area contributed by atoms with Gasteiger partial charge in [-0.1, -0.05) is 6.92 Å². The minimum absolute atomic E-state index is 0.0898. The van der Waals surface area contributed by atoms with Crippen molar-refractivity contribution in [1.82, 2.24) is 5.32 Å². The van der Waals surface area contributed by atoms with Gasteiger partial charge in [0.2, 0.25) is 0 Å². The third-order valence-electron chi connectivity index (χ3n) is 3.24. The number of carbonyl (C=O) groups is 1. The van der Waals surface area contributed by atoms with E-state index in [9.17, 15) is 13.6 Å². The van der Waals surface area contributed by atoms with E-state index in [-0.39, 0.29) is 24.3 Å². The van der Waals surface area contributed by atoms with Crippen LogP contribution in [0.1, 0.15) is 23.0 Å². The summed E-state index contributed by atoms with van der Waals surface area (Å²) in [5.74, 6) is -0.146. The quantitative estimate of drug-likeness (QED) is 0.810. The van der Waals surface area contributed by atoms with Crippen LogP contribution in [0.4, 0.5) is 8.78 Å². The highest BCUT2D eigenvalue weighted by Gasteiger charge is 2.14. The van der Waals surface area contributed by atoms with Gasteiger partial charge in [0.05, 0.1) is 17.5 Å². The van der Waals surface area contributed by atoms with E-state index in [1.54, 1.807) is 24.3 Å². The Morgan fingerprint density at radius 2 is 1.96 bits per heavy atom. The molecule has 2 rings (SSSR count). The molecule has 4 nitrogen and oxygen atoms in total. The van der Waals surface area contributed by atoms with Crippen LogP contribution in [-0.4, -0.2) is 30.3 Å². The van der Waals surface area contributed by atoms with Gasteiger partial charge in [-0.15, -0.1) is 11.3 Å². The van der Waals surface area contributed by atoms with Gasteiger partial charge in [-0.25, -0.2) is 0 Å². The van der Waals surface area contributed by atoms with Gasteiger partial charge in [-0.05, 0) is 48.4 Å². The first-order valence-electron chi connectivity index (χ1n) is 7.10. The van der Waals surface area contributed by atoms with Crippen molar-refractivity contribution >= 4 is 17.2 Å². The summed E-state index contributed by atoms with van der Waals surface area (Å²) in [6, 6.07) is 9.46. The highest BCUT2D eigenvalue weighted by Crippen LogP contribution is 2.29. The van der Waals surface area contributed by atoms with Gasteiger partial charge in [0.1, 0.15) is 5.75 Å². The Kier molecular flexibility index (Phi) is 6.06. The average molecular weight is 341 g/mol. The molecule has 0 saturated heterocycles. The molecule has 0 aliphatic heterocycles. The first-order valence-corrected chi connectivity index (χ1v) is 7.92. The number of nitrogens with one attached hydrogen (secondary N) is 1. The van der Waals surface area contributed by atoms with E-state index in [1.165, 1.54) is 23.5 Å². The number of halogens is 2. The third-order valence-corrected chi connectivity index (χ3v) is 4.38. The summed E-state index contributed by atoms with van der Waals surface area (Å²) in [5, 5.41) is 11.9. The molecule has 1 unspecified atom stereocenters. The van der Waals surface area contributed by atoms with Gasteiger partial charge in [0.25, 0.3) is 5.91 Å². The first-order chi connectivity index (χ1) is 11.0. The molecule has 0 aliphatic carbocycles. The second-order valence-corrected chi connectivity index (χ2v) is 5.91. The smallest absolute Gasteiger partial charge is 0.387 e. The predicted molar refractivity (Wildman–Crippen MR) is 85.0 cm³/mol. The van der Waals surface area contributed by atoms with Crippen LogP contribution < -0.4 is 10.1 Å². The molecule has 0 radical (unpaired) electrons. The van der Waals surface area contributed by atoms with E-state index in [1.807, 2.05) is 6.92 Å². The van der Waals surface area contributed by atoms with Crippen molar-refractivity contribution in [1.29, 1.82) is 0 Å². The third kappa shape index (κ3) is 4.74. The second kappa shape index (κ2) is 8.03. The maximum Gasteiger partial charge on any atom is 0.387 e. The monoisotopic (exact) mass is 341 g/mol. The molecule has 23 heavy (non-hydrogen) atoms. The Bertz CT molecular complexity index is 639. The number of ether oxygens (including phenoxy) is 1. The van der Waals surface area contributed by atoms with Crippen LogP contribution in [0.15, 0.2) is 36.4 Å². The molecular formula is C16H17F2NO3S. The normalized spacial score (nSPS) is 12.2. The number of aliphatic hydroxyl groups excluding tert-OH is 1. The molecule has 2 aromatic rings. The lowest BCUT2D eigenvalue weighted by atomic mass is 10.2. The van der Waals surface area contributed by atoms with Crippen molar-refractivity contribution in [3.8, 4) is 16.2 Å². The molecule has 1 atom stereocenters. The SMILES string of the molecule is CCC(CO)NC(=O)c1ccc(-c2ccc(OC(F)F)cc2)s1. The summed E-state index contributed by atoms with van der Waals surface area (Å²) < 4.78 is 28.5. The standard InChI is InChI=1S/C16H17F2NO3S/c1-2-11(9-20)19-15(21)14-8-7-13(23-14)10-3-5-12(6-4-10)22-16(17)18/h3-8,11,16,20H,2,9H2,1H3,(H,19,21). The number of aliphatic hydroxyl groups is 1. The number of thiophene rings is 1. The summed E-state index contributed by atoms with van der Waals surface area (Å²) in [7, 11) is 0. The molecule has 0 fully saturated rings. The molecule has 0 aliphatic rings. The van der Waals surface area contributed by atoms with Crippen molar-refractivity contribution in [2.45, 2.75) is 26.0 Å². The summed E-state index contributed by atoms with van der Waals surface area (Å²) in [6.45, 7) is -1.08. The summed E-state index contributed by atoms with van der Waals surface area (Å²) in [5.41, 5.74) is 0.810. The van der Waals surface area contributed by atoms with Gasteiger partial charge in [0.15, 0.2) is 0 Å². The first kappa shape index (κ1) is 17.4. The lowest BCUT2D eigenvalue weighted by molar-refractivity contribution is -0.0498. The second-order valence-electron chi connectivity index (χ2n) is 4.83. The Labute approximate surface area is 136 Å². The van der Waals surface area contributed by atoms with Gasteiger partial charge >= 0.3 is 6.61 Å². The van der Waals surface area contributed by atoms with Gasteiger partial charge in [-0.2, -0.15) is 8.78 Å². The molecule has 1 aromatic heterocycles. The molecule has 0 bridgehead atoms. The van der Waals surface area contributed by atoms with E-state index in [2.05, 4.69) is 10.1 Å². The fraction of sp³-hybridized carbons (Fsp3) is 0.312. The highest BCUT2D eigenvalue weighted by molar-refractivity contribution is 7.17. The van der Waals surface area contributed by atoms with Crippen molar-refractivity contribution in [3.63, 3.8) is 0 Å². The van der Waals surface area contributed by atoms with Crippen LogP contribution in [0.5, 0.6) is 5.75 Å². The zero-order valence-electron chi connectivity index (χ0n) is 12.5. The number of benzene rings is 1. The molecule has 7 heteroatoms. The average Bonchev–Trinajstić information content (AvgIpc) is 3.02. The molecule has 1 aromatic carbocycles. The summed E-state index contributed by atoms with van der Waals surface area (Å²) in [6.07, 6.45) is 0.645. The molecular weight excluding hydrogens is 324 g/mol. The topological polar surface area (TPSA) is 58.6 Å². The van der Waals surface area contributed by atoms with E-state index < -0.39 is 6.61 Å². The Hall–Kier alpha value is -1.99. The van der Waals surface area contributed by atoms with E-state index in [0.717, 1.165) is 10.4 Å². The van der Waals surface area contributed by atoms with Crippen LogP contribution in [-0.2, 0) is 0 Å². The van der Waals surface area contributed by atoms with Gasteiger partial charge in [-0.3, -0.25) is 4.79 Å². The van der Waals surface area contributed by atoms with Crippen molar-refractivity contribution in [2.75, 3.05) is 6.61 Å². The number of hydrogen-bond acceptors (Lipinski definition) is 4. The largest absolute Gasteiger partial charge is 0.435 e. The van der Waals surface area contributed by atoms with Gasteiger partial charge in [0, 0.05) is 4.88 Å². The number of rotatable bonds is 7. The molecule has 1 amide bonds. The minimum Gasteiger partial charge on any atom is -0.435 e. The van der Waals surface area contributed by atoms with Crippen LogP contribution in [0, 0.1) is 0 Å². The van der Waals surface area contributed by atoms with E-state index >= 15 is 0 Å². The van der Waals surface area contributed by atoms with Crippen LogP contribution in [0.25, 0.3) is 10.4 Å². The fourth-order valence-corrected chi connectivity index (χ4v) is 2.86. The molecule has 0 spiro atoms. The highest BCUT2D eigenvalue weighted by atomic mass is 32.1. The Balaban J connectivity index is 2.08. The summed E-state index contributed by atoms with van der Waals surface area (Å²) >= 11 is 1.29. The molecule has 1 heterocycles. The Morgan fingerprint density at radius 3 is 2.52 bits per heavy atom. The zero-order valence-corrected chi connectivity index (χ0v) is 13.3. The molecule has 124 valence electrons. The minimum atomic E-state index is -2.85. The van der Waals surface area contributed by atoms with Crippen molar-refractivity contribution in [3.05, 3.63) is 41.3 Å². The van der Waals surface area contributed by atoms with Gasteiger partial charge < -0.3 is 15.2 Å². The van der Waals surface area contributed by atoms with Crippen LogP contribution in [0.3, 0.4) is 0 Å². The maximum absolute atomic E-state index is 12.1. The zero-order chi connectivity index (χ0) is 16.8. The number of hydrogen-bond donors (Lipinski definition) is 2. The predicted octanol–water partition coefficient (Wildman–Crippen LogP) is 3.52. The lowest BCUT2D eigenvalue weighted by Gasteiger charge is -2.12. The van der Waals surface area contributed by atoms with Crippen LogP contribution in [0.2, 0.25) is 0 Å². The fourth-order valence-electron chi connectivity index (χ4n) is 1.95. The maximum atomic E-state index is 12.1. The number of carbonyl (C=O) groups excluding carboxylic acids is 1. The van der Waals surface area contributed by atoms with E-state index in [4.69, 9.17) is 5.11 Å². The molecule has 0 saturated carbocycles. The summed E-state index contributed by atoms with van der Waals surface area (Å²) in [4.78, 5) is 13.4. The van der Waals surface area contributed by atoms with E-state index in [0.29, 0.717) is 11.3 Å². The van der Waals surface area contributed by atoms with Crippen molar-refractivity contribution in [2.24, 2.45) is 0 Å². The Morgan fingerprint density at radius 1 is 1.26 bits per heavy atom. The van der Waals surface area contributed by atoms with Crippen molar-refractivity contribution < 1.29 is 23.4 Å². The number of alkyl halides is 2. The lowest BCUT2D eigenvalue weighted by Crippen LogP contribution is -2.36. The van der Waals surface area contributed by atoms with Crippen LogP contribution >= 0.6 is 11.3 Å². The number of amides is 1. The molecule has 2 N–H and O–H groups in total.